The first-order valence-corrected chi connectivity index (χ1v) is 5.20. The molecule has 78 valence electrons. The Kier molecular flexibility index (Phi) is 3.46. The van der Waals surface area contributed by atoms with E-state index < -0.39 is 0 Å². The zero-order valence-electron chi connectivity index (χ0n) is 8.49. The van der Waals surface area contributed by atoms with Gasteiger partial charge in [0.05, 0.1) is 6.61 Å². The standard InChI is InChI=1S/C9H13NO3S/c1-4-13-8(11)5-10-6(2)7(3)14-9(10)12/h4-5H2,1-3H3. The Labute approximate surface area is 86.1 Å². The van der Waals surface area contributed by atoms with Crippen LogP contribution in [0.3, 0.4) is 0 Å². The third-order valence-electron chi connectivity index (χ3n) is 1.97. The number of thiazole rings is 1. The van der Waals surface area contributed by atoms with E-state index in [1.807, 2.05) is 13.8 Å². The van der Waals surface area contributed by atoms with Gasteiger partial charge in [0, 0.05) is 10.6 Å². The molecule has 5 heteroatoms. The lowest BCUT2D eigenvalue weighted by molar-refractivity contribution is -0.143. The van der Waals surface area contributed by atoms with Gasteiger partial charge in [-0.25, -0.2) is 0 Å². The van der Waals surface area contributed by atoms with Crippen molar-refractivity contribution in [3.63, 3.8) is 0 Å². The first-order chi connectivity index (χ1) is 6.56. The second kappa shape index (κ2) is 4.41. The van der Waals surface area contributed by atoms with Crippen LogP contribution in [-0.4, -0.2) is 17.1 Å². The fourth-order valence-electron chi connectivity index (χ4n) is 1.11. The van der Waals surface area contributed by atoms with E-state index in [0.29, 0.717) is 6.61 Å². The zero-order valence-corrected chi connectivity index (χ0v) is 9.31. The molecule has 4 nitrogen and oxygen atoms in total. The molecular formula is C9H13NO3S. The fraction of sp³-hybridized carbons (Fsp3) is 0.556. The molecule has 0 radical (unpaired) electrons. The van der Waals surface area contributed by atoms with Gasteiger partial charge in [-0.1, -0.05) is 11.3 Å². The molecule has 0 aliphatic heterocycles. The minimum Gasteiger partial charge on any atom is -0.465 e. The van der Waals surface area contributed by atoms with Crippen LogP contribution in [0.4, 0.5) is 0 Å². The molecule has 0 saturated heterocycles. The van der Waals surface area contributed by atoms with Crippen molar-refractivity contribution < 1.29 is 9.53 Å². The van der Waals surface area contributed by atoms with Crippen molar-refractivity contribution in [1.82, 2.24) is 4.57 Å². The predicted octanol–water partition coefficient (Wildman–Crippen LogP) is 1.09. The predicted molar refractivity (Wildman–Crippen MR) is 54.7 cm³/mol. The summed E-state index contributed by atoms with van der Waals surface area (Å²) in [5.74, 6) is -0.365. The number of hydrogen-bond acceptors (Lipinski definition) is 4. The number of rotatable bonds is 3. The highest BCUT2D eigenvalue weighted by Crippen LogP contribution is 2.08. The first-order valence-electron chi connectivity index (χ1n) is 4.38. The molecule has 0 bridgehead atoms. The molecule has 0 unspecified atom stereocenters. The monoisotopic (exact) mass is 215 g/mol. The van der Waals surface area contributed by atoms with Gasteiger partial charge < -0.3 is 4.74 Å². The van der Waals surface area contributed by atoms with Gasteiger partial charge in [0.1, 0.15) is 6.54 Å². The highest BCUT2D eigenvalue weighted by Gasteiger charge is 2.11. The number of aromatic nitrogens is 1. The summed E-state index contributed by atoms with van der Waals surface area (Å²) >= 11 is 1.16. The van der Waals surface area contributed by atoms with E-state index in [9.17, 15) is 9.59 Å². The number of ether oxygens (including phenoxy) is 1. The lowest BCUT2D eigenvalue weighted by Crippen LogP contribution is -2.22. The number of carbonyl (C=O) groups is 1. The maximum absolute atomic E-state index is 11.4. The minimum atomic E-state index is -0.365. The Balaban J connectivity index is 2.86. The van der Waals surface area contributed by atoms with E-state index in [4.69, 9.17) is 4.74 Å². The second-order valence-electron chi connectivity index (χ2n) is 2.90. The zero-order chi connectivity index (χ0) is 10.7. The number of carbonyl (C=O) groups excluding carboxylic acids is 1. The molecule has 0 atom stereocenters. The Morgan fingerprint density at radius 2 is 2.14 bits per heavy atom. The SMILES string of the molecule is CCOC(=O)Cn1c(C)c(C)sc1=O. The highest BCUT2D eigenvalue weighted by atomic mass is 32.1. The second-order valence-corrected chi connectivity index (χ2v) is 4.07. The largest absolute Gasteiger partial charge is 0.465 e. The summed E-state index contributed by atoms with van der Waals surface area (Å²) < 4.78 is 6.21. The Hall–Kier alpha value is -1.10. The quantitative estimate of drug-likeness (QED) is 0.709. The van der Waals surface area contributed by atoms with Crippen molar-refractivity contribution in [1.29, 1.82) is 0 Å². The third-order valence-corrected chi connectivity index (χ3v) is 2.96. The normalized spacial score (nSPS) is 10.2. The molecule has 0 aliphatic rings. The van der Waals surface area contributed by atoms with Crippen LogP contribution in [0.1, 0.15) is 17.5 Å². The molecule has 1 aromatic rings. The van der Waals surface area contributed by atoms with Crippen LogP contribution in [0.15, 0.2) is 4.79 Å². The van der Waals surface area contributed by atoms with Crippen LogP contribution in [-0.2, 0) is 16.1 Å². The molecule has 1 rings (SSSR count). The van der Waals surface area contributed by atoms with Gasteiger partial charge in [-0.3, -0.25) is 14.2 Å². The van der Waals surface area contributed by atoms with Crippen molar-refractivity contribution in [2.75, 3.05) is 6.61 Å². The van der Waals surface area contributed by atoms with Crippen molar-refractivity contribution >= 4 is 17.3 Å². The summed E-state index contributed by atoms with van der Waals surface area (Å²) in [6, 6.07) is 0. The van der Waals surface area contributed by atoms with Gasteiger partial charge in [0.25, 0.3) is 0 Å². The molecule has 0 amide bonds. The third kappa shape index (κ3) is 2.23. The summed E-state index contributed by atoms with van der Waals surface area (Å²) in [7, 11) is 0. The first kappa shape index (κ1) is 11.0. The maximum atomic E-state index is 11.4. The van der Waals surface area contributed by atoms with E-state index >= 15 is 0 Å². The van der Waals surface area contributed by atoms with Gasteiger partial charge in [-0.05, 0) is 20.8 Å². The lowest BCUT2D eigenvalue weighted by Gasteiger charge is -2.03. The van der Waals surface area contributed by atoms with E-state index in [1.54, 1.807) is 6.92 Å². The number of hydrogen-bond donors (Lipinski definition) is 0. The van der Waals surface area contributed by atoms with Crippen LogP contribution in [0.25, 0.3) is 0 Å². The Morgan fingerprint density at radius 3 is 2.57 bits per heavy atom. The van der Waals surface area contributed by atoms with Gasteiger partial charge in [0.15, 0.2) is 0 Å². The smallest absolute Gasteiger partial charge is 0.326 e. The molecule has 1 aromatic heterocycles. The molecule has 0 N–H and O–H groups in total. The van der Waals surface area contributed by atoms with E-state index in [0.717, 1.165) is 21.9 Å². The van der Waals surface area contributed by atoms with Crippen LogP contribution < -0.4 is 4.87 Å². The lowest BCUT2D eigenvalue weighted by atomic mass is 10.4. The number of esters is 1. The molecule has 1 heterocycles. The summed E-state index contributed by atoms with van der Waals surface area (Å²) in [6.45, 7) is 5.79. The van der Waals surface area contributed by atoms with Crippen LogP contribution >= 0.6 is 11.3 Å². The minimum absolute atomic E-state index is 0.0167. The van der Waals surface area contributed by atoms with Gasteiger partial charge in [-0.2, -0.15) is 0 Å². The van der Waals surface area contributed by atoms with Gasteiger partial charge >= 0.3 is 10.8 Å². The van der Waals surface area contributed by atoms with Crippen LogP contribution in [0, 0.1) is 13.8 Å². The van der Waals surface area contributed by atoms with Crippen molar-refractivity contribution in [3.8, 4) is 0 Å². The van der Waals surface area contributed by atoms with E-state index in [-0.39, 0.29) is 17.4 Å². The molecule has 0 saturated carbocycles. The average molecular weight is 215 g/mol. The molecule has 0 fully saturated rings. The summed E-state index contributed by atoms with van der Waals surface area (Å²) in [6.07, 6.45) is 0. The summed E-state index contributed by atoms with van der Waals surface area (Å²) in [5, 5.41) is 0. The van der Waals surface area contributed by atoms with E-state index in [2.05, 4.69) is 0 Å². The van der Waals surface area contributed by atoms with Crippen molar-refractivity contribution in [3.05, 3.63) is 20.2 Å². The van der Waals surface area contributed by atoms with Crippen molar-refractivity contribution in [2.24, 2.45) is 0 Å². The molecular weight excluding hydrogens is 202 g/mol. The summed E-state index contributed by atoms with van der Waals surface area (Å²) in [5.41, 5.74) is 0.841. The fourth-order valence-corrected chi connectivity index (χ4v) is 1.94. The van der Waals surface area contributed by atoms with Crippen LogP contribution in [0.5, 0.6) is 0 Å². The topological polar surface area (TPSA) is 48.3 Å². The van der Waals surface area contributed by atoms with Gasteiger partial charge in [0.2, 0.25) is 0 Å². The molecule has 0 aliphatic carbocycles. The maximum Gasteiger partial charge on any atom is 0.326 e. The number of nitrogens with zero attached hydrogens (tertiary/aromatic N) is 1. The van der Waals surface area contributed by atoms with E-state index in [1.165, 1.54) is 4.57 Å². The Bertz CT molecular complexity index is 391. The molecule has 0 aromatic carbocycles. The molecule has 14 heavy (non-hydrogen) atoms. The van der Waals surface area contributed by atoms with Crippen LogP contribution in [0.2, 0.25) is 0 Å². The van der Waals surface area contributed by atoms with Gasteiger partial charge in [-0.15, -0.1) is 0 Å². The Morgan fingerprint density at radius 1 is 1.50 bits per heavy atom. The molecule has 0 spiro atoms. The summed E-state index contributed by atoms with van der Waals surface area (Å²) in [4.78, 5) is 23.4. The average Bonchev–Trinajstić information content (AvgIpc) is 2.33. The number of aryl methyl sites for hydroxylation is 1. The highest BCUT2D eigenvalue weighted by molar-refractivity contribution is 7.09. The van der Waals surface area contributed by atoms with Crippen molar-refractivity contribution in [2.45, 2.75) is 27.3 Å².